The average Bonchev–Trinajstić information content (AvgIpc) is 2.70. The first-order chi connectivity index (χ1) is 8.79. The standard InChI is InChI=1S/C14H17N3O2/c1-14(2,3)9-6-4-8(5-7-9)10-11(12(18)19)17-13(15)16-10/h4-7H,1-3H3,(H,18,19)(H3,15,16,17). The summed E-state index contributed by atoms with van der Waals surface area (Å²) in [7, 11) is 0. The molecule has 5 heteroatoms. The number of nitrogen functional groups attached to an aromatic ring is 1. The molecular formula is C14H17N3O2. The summed E-state index contributed by atoms with van der Waals surface area (Å²) in [6.45, 7) is 6.37. The van der Waals surface area contributed by atoms with E-state index in [0.717, 1.165) is 5.56 Å². The number of nitrogens with one attached hydrogen (secondary N) is 1. The van der Waals surface area contributed by atoms with E-state index in [9.17, 15) is 4.79 Å². The van der Waals surface area contributed by atoms with Crippen molar-refractivity contribution in [2.75, 3.05) is 5.73 Å². The maximum Gasteiger partial charge on any atom is 0.354 e. The van der Waals surface area contributed by atoms with E-state index < -0.39 is 5.97 Å². The molecule has 19 heavy (non-hydrogen) atoms. The Hall–Kier alpha value is -2.30. The summed E-state index contributed by atoms with van der Waals surface area (Å²) in [5.41, 5.74) is 7.87. The van der Waals surface area contributed by atoms with Crippen molar-refractivity contribution in [2.24, 2.45) is 0 Å². The van der Waals surface area contributed by atoms with Crippen LogP contribution in [0.1, 0.15) is 36.8 Å². The number of hydrogen-bond acceptors (Lipinski definition) is 3. The van der Waals surface area contributed by atoms with Gasteiger partial charge in [-0.15, -0.1) is 0 Å². The van der Waals surface area contributed by atoms with Gasteiger partial charge in [-0.2, -0.15) is 0 Å². The van der Waals surface area contributed by atoms with Crippen molar-refractivity contribution < 1.29 is 9.90 Å². The minimum absolute atomic E-state index is 0.0148. The Balaban J connectivity index is 2.46. The molecule has 4 N–H and O–H groups in total. The maximum absolute atomic E-state index is 11.1. The first kappa shape index (κ1) is 13.1. The van der Waals surface area contributed by atoms with Crippen LogP contribution < -0.4 is 5.73 Å². The number of rotatable bonds is 2. The number of aromatic amines is 1. The van der Waals surface area contributed by atoms with E-state index in [-0.39, 0.29) is 17.1 Å². The Bertz CT molecular complexity index is 607. The molecule has 5 nitrogen and oxygen atoms in total. The second-order valence-corrected chi connectivity index (χ2v) is 5.48. The van der Waals surface area contributed by atoms with Gasteiger partial charge in [-0.3, -0.25) is 0 Å². The molecule has 0 aliphatic rings. The van der Waals surface area contributed by atoms with Gasteiger partial charge in [-0.1, -0.05) is 45.0 Å². The van der Waals surface area contributed by atoms with Crippen molar-refractivity contribution in [1.82, 2.24) is 9.97 Å². The zero-order valence-electron chi connectivity index (χ0n) is 11.2. The number of nitrogens with two attached hydrogens (primary N) is 1. The number of H-pyrrole nitrogens is 1. The van der Waals surface area contributed by atoms with Crippen LogP contribution in [0.25, 0.3) is 11.3 Å². The predicted molar refractivity (Wildman–Crippen MR) is 74.1 cm³/mol. The molecule has 0 fully saturated rings. The number of hydrogen-bond donors (Lipinski definition) is 3. The van der Waals surface area contributed by atoms with E-state index >= 15 is 0 Å². The van der Waals surface area contributed by atoms with E-state index in [2.05, 4.69) is 30.7 Å². The smallest absolute Gasteiger partial charge is 0.354 e. The van der Waals surface area contributed by atoms with Crippen LogP contribution in [0.3, 0.4) is 0 Å². The molecule has 1 heterocycles. The Morgan fingerprint density at radius 1 is 1.26 bits per heavy atom. The number of aromatic nitrogens is 2. The van der Waals surface area contributed by atoms with Gasteiger partial charge in [-0.05, 0) is 11.0 Å². The van der Waals surface area contributed by atoms with Crippen LogP contribution in [0.4, 0.5) is 5.95 Å². The fourth-order valence-electron chi connectivity index (χ4n) is 1.88. The molecule has 0 unspecified atom stereocenters. The SMILES string of the molecule is CC(C)(C)c1ccc(-c2nc(N)[nH]c2C(=O)O)cc1. The highest BCUT2D eigenvalue weighted by Crippen LogP contribution is 2.27. The van der Waals surface area contributed by atoms with Gasteiger partial charge in [0.05, 0.1) is 0 Å². The fraction of sp³-hybridized carbons (Fsp3) is 0.286. The highest BCUT2D eigenvalue weighted by Gasteiger charge is 2.18. The second-order valence-electron chi connectivity index (χ2n) is 5.48. The molecule has 2 aromatic rings. The Morgan fingerprint density at radius 2 is 1.84 bits per heavy atom. The molecular weight excluding hydrogens is 242 g/mol. The minimum atomic E-state index is -1.07. The summed E-state index contributed by atoms with van der Waals surface area (Å²) in [6, 6.07) is 7.68. The largest absolute Gasteiger partial charge is 0.477 e. The number of carboxylic acids is 1. The van der Waals surface area contributed by atoms with Gasteiger partial charge in [0.2, 0.25) is 0 Å². The average molecular weight is 259 g/mol. The lowest BCUT2D eigenvalue weighted by Gasteiger charge is -2.18. The molecule has 0 aliphatic heterocycles. The van der Waals surface area contributed by atoms with Crippen molar-refractivity contribution in [3.8, 4) is 11.3 Å². The maximum atomic E-state index is 11.1. The summed E-state index contributed by atoms with van der Waals surface area (Å²) in [6.07, 6.45) is 0. The van der Waals surface area contributed by atoms with E-state index in [1.165, 1.54) is 5.56 Å². The molecule has 0 bridgehead atoms. The summed E-state index contributed by atoms with van der Waals surface area (Å²) in [4.78, 5) is 17.7. The molecule has 0 aliphatic carbocycles. The van der Waals surface area contributed by atoms with Crippen LogP contribution in [0.2, 0.25) is 0 Å². The van der Waals surface area contributed by atoms with Gasteiger partial charge in [0.15, 0.2) is 11.6 Å². The second kappa shape index (κ2) is 4.42. The lowest BCUT2D eigenvalue weighted by Crippen LogP contribution is -2.10. The van der Waals surface area contributed by atoms with Crippen molar-refractivity contribution in [3.05, 3.63) is 35.5 Å². The van der Waals surface area contributed by atoms with Crippen LogP contribution in [-0.2, 0) is 5.41 Å². The third kappa shape index (κ3) is 2.59. The molecule has 0 atom stereocenters. The Morgan fingerprint density at radius 3 is 2.32 bits per heavy atom. The van der Waals surface area contributed by atoms with E-state index in [1.807, 2.05) is 24.3 Å². The van der Waals surface area contributed by atoms with Crippen molar-refractivity contribution in [1.29, 1.82) is 0 Å². The van der Waals surface area contributed by atoms with Crippen molar-refractivity contribution >= 4 is 11.9 Å². The zero-order valence-corrected chi connectivity index (χ0v) is 11.2. The molecule has 1 aromatic heterocycles. The number of benzene rings is 1. The summed E-state index contributed by atoms with van der Waals surface area (Å²) in [5.74, 6) is -0.966. The third-order valence-electron chi connectivity index (χ3n) is 2.96. The zero-order chi connectivity index (χ0) is 14.2. The van der Waals surface area contributed by atoms with Crippen LogP contribution in [0, 0.1) is 0 Å². The summed E-state index contributed by atoms with van der Waals surface area (Å²) in [5, 5.41) is 9.10. The summed E-state index contributed by atoms with van der Waals surface area (Å²) >= 11 is 0. The van der Waals surface area contributed by atoms with Crippen LogP contribution in [0.15, 0.2) is 24.3 Å². The number of carbonyl (C=O) groups is 1. The first-order valence-electron chi connectivity index (χ1n) is 5.98. The van der Waals surface area contributed by atoms with E-state index in [0.29, 0.717) is 5.69 Å². The van der Waals surface area contributed by atoms with Gasteiger partial charge >= 0.3 is 5.97 Å². The quantitative estimate of drug-likeness (QED) is 0.773. The fourth-order valence-corrected chi connectivity index (χ4v) is 1.88. The minimum Gasteiger partial charge on any atom is -0.477 e. The topological polar surface area (TPSA) is 92.0 Å². The Kier molecular flexibility index (Phi) is 3.06. The summed E-state index contributed by atoms with van der Waals surface area (Å²) < 4.78 is 0. The number of aromatic carboxylic acids is 1. The number of imidazole rings is 1. The number of carboxylic acid groups (broad SMARTS) is 1. The molecule has 0 radical (unpaired) electrons. The van der Waals surface area contributed by atoms with Crippen molar-refractivity contribution in [3.63, 3.8) is 0 Å². The molecule has 0 saturated carbocycles. The molecule has 1 aromatic carbocycles. The normalized spacial score (nSPS) is 11.5. The molecule has 2 rings (SSSR count). The number of anilines is 1. The highest BCUT2D eigenvalue weighted by atomic mass is 16.4. The van der Waals surface area contributed by atoms with Crippen LogP contribution in [0.5, 0.6) is 0 Å². The lowest BCUT2D eigenvalue weighted by atomic mass is 9.86. The molecule has 100 valence electrons. The predicted octanol–water partition coefficient (Wildman–Crippen LogP) is 2.65. The van der Waals surface area contributed by atoms with Gasteiger partial charge in [0.1, 0.15) is 5.69 Å². The number of nitrogens with zero attached hydrogens (tertiary/aromatic N) is 1. The molecule has 0 amide bonds. The molecule has 0 spiro atoms. The van der Waals surface area contributed by atoms with Gasteiger partial charge in [-0.25, -0.2) is 9.78 Å². The van der Waals surface area contributed by atoms with Gasteiger partial charge in [0.25, 0.3) is 0 Å². The third-order valence-corrected chi connectivity index (χ3v) is 2.96. The highest BCUT2D eigenvalue weighted by molar-refractivity contribution is 5.93. The van der Waals surface area contributed by atoms with E-state index in [4.69, 9.17) is 10.8 Å². The first-order valence-corrected chi connectivity index (χ1v) is 5.98. The lowest BCUT2D eigenvalue weighted by molar-refractivity contribution is 0.0692. The van der Waals surface area contributed by atoms with E-state index in [1.54, 1.807) is 0 Å². The molecule has 0 saturated heterocycles. The Labute approximate surface area is 111 Å². The van der Waals surface area contributed by atoms with Crippen LogP contribution >= 0.6 is 0 Å². The van der Waals surface area contributed by atoms with Crippen LogP contribution in [-0.4, -0.2) is 21.0 Å². The van der Waals surface area contributed by atoms with Crippen molar-refractivity contribution in [2.45, 2.75) is 26.2 Å². The van der Waals surface area contributed by atoms with Gasteiger partial charge < -0.3 is 15.8 Å². The monoisotopic (exact) mass is 259 g/mol. The van der Waals surface area contributed by atoms with Gasteiger partial charge in [0, 0.05) is 5.56 Å².